The first-order valence-corrected chi connectivity index (χ1v) is 8.52. The molecule has 0 unspecified atom stereocenters. The molecule has 2 amide bonds. The molecule has 2 heterocycles. The summed E-state index contributed by atoms with van der Waals surface area (Å²) in [4.78, 5) is 30.1. The molecule has 1 aliphatic rings. The van der Waals surface area contributed by atoms with E-state index in [-0.39, 0.29) is 36.9 Å². The number of nitrogens with one attached hydrogen (secondary N) is 1. The Morgan fingerprint density at radius 1 is 1.30 bits per heavy atom. The number of rotatable bonds is 6. The maximum Gasteiger partial charge on any atom is 0.225 e. The van der Waals surface area contributed by atoms with Crippen LogP contribution in [0.1, 0.15) is 23.8 Å². The van der Waals surface area contributed by atoms with Gasteiger partial charge >= 0.3 is 0 Å². The Hall–Kier alpha value is -2.87. The van der Waals surface area contributed by atoms with Gasteiger partial charge in [-0.15, -0.1) is 0 Å². The van der Waals surface area contributed by atoms with Gasteiger partial charge < -0.3 is 15.3 Å². The van der Waals surface area contributed by atoms with Crippen molar-refractivity contribution in [1.29, 1.82) is 0 Å². The fourth-order valence-corrected chi connectivity index (χ4v) is 2.97. The van der Waals surface area contributed by atoms with Crippen LogP contribution in [0.4, 0.5) is 8.78 Å². The van der Waals surface area contributed by atoms with E-state index >= 15 is 0 Å². The summed E-state index contributed by atoms with van der Waals surface area (Å²) in [6.07, 6.45) is 0.547. The molecule has 0 spiro atoms. The lowest BCUT2D eigenvalue weighted by Crippen LogP contribution is -2.35. The molecular weight excluding hydrogens is 356 g/mol. The fourth-order valence-electron chi connectivity index (χ4n) is 2.97. The quantitative estimate of drug-likeness (QED) is 0.803. The highest BCUT2D eigenvalue weighted by molar-refractivity contribution is 5.89. The predicted molar refractivity (Wildman–Crippen MR) is 92.1 cm³/mol. The number of carbonyl (C=O) groups excluding carboxylic acids is 2. The summed E-state index contributed by atoms with van der Waals surface area (Å²) in [5, 5.41) is 12.6. The number of nitrogens with zero attached hydrogens (tertiary/aromatic N) is 2. The van der Waals surface area contributed by atoms with Gasteiger partial charge in [0.15, 0.2) is 11.6 Å². The number of hydrogen-bond donors (Lipinski definition) is 2. The van der Waals surface area contributed by atoms with E-state index in [1.54, 1.807) is 23.2 Å². The second kappa shape index (κ2) is 8.22. The monoisotopic (exact) mass is 375 g/mol. The number of carbonyl (C=O) groups is 2. The number of halogens is 2. The van der Waals surface area contributed by atoms with Crippen LogP contribution in [0.3, 0.4) is 0 Å². The molecule has 1 aliphatic heterocycles. The van der Waals surface area contributed by atoms with Crippen LogP contribution in [0.25, 0.3) is 0 Å². The standard InChI is InChI=1S/C19H19F2N3O3/c20-15-5-4-12(7-16(15)21)17(25)9-23-19(27)13-8-18(26)24(10-13)11-14-3-1-2-6-22-14/h1-7,13,17,25H,8-11H2,(H,23,27)/t13-,17-/m1/s1. The molecule has 8 heteroatoms. The van der Waals surface area contributed by atoms with Crippen molar-refractivity contribution in [3.05, 3.63) is 65.5 Å². The van der Waals surface area contributed by atoms with E-state index in [9.17, 15) is 23.5 Å². The van der Waals surface area contributed by atoms with Gasteiger partial charge in [-0.05, 0) is 29.8 Å². The van der Waals surface area contributed by atoms with Crippen LogP contribution in [0.15, 0.2) is 42.6 Å². The smallest absolute Gasteiger partial charge is 0.225 e. The number of aromatic nitrogens is 1. The van der Waals surface area contributed by atoms with Gasteiger partial charge in [0.1, 0.15) is 0 Å². The number of amides is 2. The molecule has 0 radical (unpaired) electrons. The molecule has 6 nitrogen and oxygen atoms in total. The van der Waals surface area contributed by atoms with E-state index in [1.807, 2.05) is 6.07 Å². The fraction of sp³-hybridized carbons (Fsp3) is 0.316. The second-order valence-corrected chi connectivity index (χ2v) is 6.43. The molecule has 1 aromatic heterocycles. The van der Waals surface area contributed by atoms with E-state index in [4.69, 9.17) is 0 Å². The Kier molecular flexibility index (Phi) is 5.75. The van der Waals surface area contributed by atoms with E-state index in [0.717, 1.165) is 17.8 Å². The second-order valence-electron chi connectivity index (χ2n) is 6.43. The number of aliphatic hydroxyl groups is 1. The molecule has 1 fully saturated rings. The third-order valence-corrected chi connectivity index (χ3v) is 4.46. The summed E-state index contributed by atoms with van der Waals surface area (Å²) in [5.41, 5.74) is 0.897. The average molecular weight is 375 g/mol. The molecule has 27 heavy (non-hydrogen) atoms. The van der Waals surface area contributed by atoms with E-state index in [1.165, 1.54) is 6.07 Å². The molecule has 2 atom stereocenters. The highest BCUT2D eigenvalue weighted by Gasteiger charge is 2.34. The normalized spacial score (nSPS) is 17.8. The third-order valence-electron chi connectivity index (χ3n) is 4.46. The lowest BCUT2D eigenvalue weighted by molar-refractivity contribution is -0.129. The van der Waals surface area contributed by atoms with Crippen molar-refractivity contribution in [2.75, 3.05) is 13.1 Å². The molecule has 0 bridgehead atoms. The minimum Gasteiger partial charge on any atom is -0.387 e. The van der Waals surface area contributed by atoms with Crippen LogP contribution in [-0.2, 0) is 16.1 Å². The molecule has 142 valence electrons. The van der Waals surface area contributed by atoms with Gasteiger partial charge in [0, 0.05) is 25.7 Å². The third kappa shape index (κ3) is 4.65. The van der Waals surface area contributed by atoms with Gasteiger partial charge in [-0.2, -0.15) is 0 Å². The Morgan fingerprint density at radius 3 is 2.81 bits per heavy atom. The molecule has 2 N–H and O–H groups in total. The van der Waals surface area contributed by atoms with Gasteiger partial charge in [-0.1, -0.05) is 12.1 Å². The van der Waals surface area contributed by atoms with Crippen molar-refractivity contribution in [2.24, 2.45) is 5.92 Å². The Labute approximate surface area is 154 Å². The highest BCUT2D eigenvalue weighted by atomic mass is 19.2. The first kappa shape index (κ1) is 18.9. The first-order valence-electron chi connectivity index (χ1n) is 8.52. The Bertz CT molecular complexity index is 832. The van der Waals surface area contributed by atoms with Gasteiger partial charge in [0.25, 0.3) is 0 Å². The van der Waals surface area contributed by atoms with Crippen molar-refractivity contribution in [3.8, 4) is 0 Å². The van der Waals surface area contributed by atoms with Crippen molar-refractivity contribution < 1.29 is 23.5 Å². The van der Waals surface area contributed by atoms with Crippen LogP contribution in [0.2, 0.25) is 0 Å². The number of likely N-dealkylation sites (tertiary alicyclic amines) is 1. The van der Waals surface area contributed by atoms with Crippen molar-refractivity contribution in [3.63, 3.8) is 0 Å². The van der Waals surface area contributed by atoms with Crippen LogP contribution < -0.4 is 5.32 Å². The van der Waals surface area contributed by atoms with E-state index in [2.05, 4.69) is 10.3 Å². The largest absolute Gasteiger partial charge is 0.387 e. The van der Waals surface area contributed by atoms with E-state index < -0.39 is 23.7 Å². The van der Waals surface area contributed by atoms with Crippen molar-refractivity contribution in [2.45, 2.75) is 19.1 Å². The topological polar surface area (TPSA) is 82.5 Å². The summed E-state index contributed by atoms with van der Waals surface area (Å²) in [6.45, 7) is 0.443. The van der Waals surface area contributed by atoms with E-state index in [0.29, 0.717) is 6.54 Å². The number of hydrogen-bond acceptors (Lipinski definition) is 4. The number of benzene rings is 1. The highest BCUT2D eigenvalue weighted by Crippen LogP contribution is 2.21. The molecule has 1 aromatic carbocycles. The zero-order valence-electron chi connectivity index (χ0n) is 14.4. The van der Waals surface area contributed by atoms with Gasteiger partial charge in [0.2, 0.25) is 11.8 Å². The number of aliphatic hydroxyl groups excluding tert-OH is 1. The molecular formula is C19H19F2N3O3. The summed E-state index contributed by atoms with van der Waals surface area (Å²) in [6, 6.07) is 8.47. The summed E-state index contributed by atoms with van der Waals surface area (Å²) < 4.78 is 26.2. The molecule has 3 rings (SSSR count). The summed E-state index contributed by atoms with van der Waals surface area (Å²) in [7, 11) is 0. The lowest BCUT2D eigenvalue weighted by Gasteiger charge is -2.17. The zero-order valence-corrected chi connectivity index (χ0v) is 14.4. The van der Waals surface area contributed by atoms with Crippen LogP contribution >= 0.6 is 0 Å². The Balaban J connectivity index is 1.52. The van der Waals surface area contributed by atoms with Crippen LogP contribution in [0.5, 0.6) is 0 Å². The summed E-state index contributed by atoms with van der Waals surface area (Å²) in [5.74, 6) is -3.11. The van der Waals surface area contributed by atoms with Gasteiger partial charge in [-0.25, -0.2) is 8.78 Å². The molecule has 1 saturated heterocycles. The molecule has 2 aromatic rings. The SMILES string of the molecule is O=C(NC[C@@H](O)c1ccc(F)c(F)c1)[C@@H]1CC(=O)N(Cc2ccccn2)C1. The Morgan fingerprint density at radius 2 is 2.11 bits per heavy atom. The minimum absolute atomic E-state index is 0.0833. The summed E-state index contributed by atoms with van der Waals surface area (Å²) >= 11 is 0. The van der Waals surface area contributed by atoms with Crippen molar-refractivity contribution in [1.82, 2.24) is 15.2 Å². The number of pyridine rings is 1. The van der Waals surface area contributed by atoms with Gasteiger partial charge in [-0.3, -0.25) is 14.6 Å². The first-order chi connectivity index (χ1) is 12.9. The predicted octanol–water partition coefficient (Wildman–Crippen LogP) is 1.56. The maximum atomic E-state index is 13.2. The average Bonchev–Trinajstić information content (AvgIpc) is 3.03. The lowest BCUT2D eigenvalue weighted by atomic mass is 10.1. The molecule has 0 saturated carbocycles. The minimum atomic E-state index is -1.18. The van der Waals surface area contributed by atoms with Gasteiger partial charge in [0.05, 0.1) is 24.3 Å². The van der Waals surface area contributed by atoms with Crippen LogP contribution in [0, 0.1) is 17.6 Å². The molecule has 0 aliphatic carbocycles. The van der Waals surface area contributed by atoms with Crippen molar-refractivity contribution >= 4 is 11.8 Å². The van der Waals surface area contributed by atoms with Crippen LogP contribution in [-0.4, -0.2) is 39.9 Å². The maximum absolute atomic E-state index is 13.2. The zero-order chi connectivity index (χ0) is 19.4.